The predicted octanol–water partition coefficient (Wildman–Crippen LogP) is 4.42. The lowest BCUT2D eigenvalue weighted by Gasteiger charge is -2.15. The van der Waals surface area contributed by atoms with Crippen molar-refractivity contribution < 1.29 is 9.53 Å². The molecule has 0 saturated carbocycles. The predicted molar refractivity (Wildman–Crippen MR) is 104 cm³/mol. The molecule has 4 rings (SSSR count). The second-order valence-electron chi connectivity index (χ2n) is 5.93. The van der Waals surface area contributed by atoms with Crippen LogP contribution in [0.25, 0.3) is 0 Å². The highest BCUT2D eigenvalue weighted by Crippen LogP contribution is 2.41. The number of anilines is 1. The largest absolute Gasteiger partial charge is 0.489 e. The number of aromatic amines is 1. The zero-order valence-corrected chi connectivity index (χ0v) is 15.3. The summed E-state index contributed by atoms with van der Waals surface area (Å²) in [5.74, 6) is 1.80. The SMILES string of the molecule is O=C1CS[C@H](c2cccc(OCc3cccc(Cl)c3)c2)c2cn[nH]c2N1. The first-order valence-electron chi connectivity index (χ1n) is 8.11. The Bertz CT molecular complexity index is 944. The number of thioether (sulfide) groups is 1. The highest BCUT2D eigenvalue weighted by molar-refractivity contribution is 8.00. The summed E-state index contributed by atoms with van der Waals surface area (Å²) in [6.07, 6.45) is 1.76. The minimum Gasteiger partial charge on any atom is -0.489 e. The van der Waals surface area contributed by atoms with Crippen molar-refractivity contribution in [3.05, 3.63) is 76.4 Å². The van der Waals surface area contributed by atoms with Crippen molar-refractivity contribution in [1.82, 2.24) is 10.2 Å². The summed E-state index contributed by atoms with van der Waals surface area (Å²) in [4.78, 5) is 11.9. The molecule has 0 unspecified atom stereocenters. The fourth-order valence-corrected chi connectivity index (χ4v) is 4.16. The molecule has 0 spiro atoms. The van der Waals surface area contributed by atoms with Crippen LogP contribution in [0.2, 0.25) is 5.02 Å². The summed E-state index contributed by atoms with van der Waals surface area (Å²) in [7, 11) is 0. The molecule has 1 aliphatic heterocycles. The molecule has 26 heavy (non-hydrogen) atoms. The Labute approximate surface area is 160 Å². The molecule has 132 valence electrons. The van der Waals surface area contributed by atoms with Crippen molar-refractivity contribution in [3.8, 4) is 5.75 Å². The number of rotatable bonds is 4. The molecular weight excluding hydrogens is 370 g/mol. The van der Waals surface area contributed by atoms with Crippen LogP contribution in [-0.2, 0) is 11.4 Å². The van der Waals surface area contributed by atoms with E-state index >= 15 is 0 Å². The summed E-state index contributed by atoms with van der Waals surface area (Å²) in [5, 5.41) is 10.5. The number of hydrogen-bond acceptors (Lipinski definition) is 4. The van der Waals surface area contributed by atoms with E-state index in [2.05, 4.69) is 15.5 Å². The molecule has 2 heterocycles. The van der Waals surface area contributed by atoms with Gasteiger partial charge in [0.15, 0.2) is 0 Å². The van der Waals surface area contributed by atoms with Crippen LogP contribution < -0.4 is 10.1 Å². The summed E-state index contributed by atoms with van der Waals surface area (Å²) in [5.41, 5.74) is 3.05. The minimum absolute atomic E-state index is 0.0115. The lowest BCUT2D eigenvalue weighted by Crippen LogP contribution is -2.12. The van der Waals surface area contributed by atoms with E-state index in [0.29, 0.717) is 23.2 Å². The van der Waals surface area contributed by atoms with E-state index in [9.17, 15) is 4.79 Å². The molecule has 1 aromatic heterocycles. The molecule has 1 amide bonds. The topological polar surface area (TPSA) is 67.0 Å². The van der Waals surface area contributed by atoms with Crippen molar-refractivity contribution in [3.63, 3.8) is 0 Å². The molecule has 0 aliphatic carbocycles. The molecule has 1 atom stereocenters. The number of fused-ring (bicyclic) bond motifs is 1. The van der Waals surface area contributed by atoms with Crippen LogP contribution in [0.1, 0.15) is 21.9 Å². The third kappa shape index (κ3) is 3.71. The van der Waals surface area contributed by atoms with E-state index in [4.69, 9.17) is 16.3 Å². The number of amides is 1. The Kier molecular flexibility index (Phi) is 4.86. The smallest absolute Gasteiger partial charge is 0.235 e. The Morgan fingerprint density at radius 2 is 2.12 bits per heavy atom. The summed E-state index contributed by atoms with van der Waals surface area (Å²) >= 11 is 7.59. The summed E-state index contributed by atoms with van der Waals surface area (Å²) in [6.45, 7) is 0.443. The standard InChI is InChI=1S/C19H16ClN3O2S/c20-14-5-1-3-12(7-14)10-25-15-6-2-4-13(8-15)18-16-9-21-23-19(16)22-17(24)11-26-18/h1-9,18H,10-11H2,(H2,21,22,23,24)/t18-/m1/s1. The zero-order valence-electron chi connectivity index (χ0n) is 13.7. The minimum atomic E-state index is -0.0311. The van der Waals surface area contributed by atoms with Gasteiger partial charge < -0.3 is 10.1 Å². The van der Waals surface area contributed by atoms with E-state index in [0.717, 1.165) is 22.4 Å². The lowest BCUT2D eigenvalue weighted by molar-refractivity contribution is -0.113. The van der Waals surface area contributed by atoms with Gasteiger partial charge in [0.25, 0.3) is 0 Å². The van der Waals surface area contributed by atoms with E-state index in [1.165, 1.54) is 0 Å². The van der Waals surface area contributed by atoms with Crippen LogP contribution >= 0.6 is 23.4 Å². The number of nitrogens with one attached hydrogen (secondary N) is 2. The molecule has 7 heteroatoms. The number of hydrogen-bond donors (Lipinski definition) is 2. The maximum Gasteiger partial charge on any atom is 0.235 e. The molecule has 1 aliphatic rings. The summed E-state index contributed by atoms with van der Waals surface area (Å²) in [6, 6.07) is 15.5. The van der Waals surface area contributed by atoms with E-state index in [-0.39, 0.29) is 11.2 Å². The Hall–Kier alpha value is -2.44. The van der Waals surface area contributed by atoms with Gasteiger partial charge in [-0.15, -0.1) is 11.8 Å². The molecule has 3 aromatic rings. The van der Waals surface area contributed by atoms with E-state index in [1.54, 1.807) is 18.0 Å². The van der Waals surface area contributed by atoms with Gasteiger partial charge in [-0.1, -0.05) is 35.9 Å². The quantitative estimate of drug-likeness (QED) is 0.697. The van der Waals surface area contributed by atoms with Gasteiger partial charge in [-0.2, -0.15) is 5.10 Å². The normalized spacial score (nSPS) is 16.5. The van der Waals surface area contributed by atoms with Crippen LogP contribution in [0.15, 0.2) is 54.7 Å². The van der Waals surface area contributed by atoms with Gasteiger partial charge in [-0.3, -0.25) is 9.89 Å². The monoisotopic (exact) mass is 385 g/mol. The van der Waals surface area contributed by atoms with Crippen LogP contribution in [-0.4, -0.2) is 21.9 Å². The van der Waals surface area contributed by atoms with Gasteiger partial charge in [0.1, 0.15) is 18.2 Å². The maximum absolute atomic E-state index is 11.9. The first-order chi connectivity index (χ1) is 12.7. The molecule has 0 radical (unpaired) electrons. The second-order valence-corrected chi connectivity index (χ2v) is 7.46. The van der Waals surface area contributed by atoms with Crippen molar-refractivity contribution >= 4 is 35.1 Å². The molecule has 0 saturated heterocycles. The van der Waals surface area contributed by atoms with Crippen molar-refractivity contribution in [2.45, 2.75) is 11.9 Å². The van der Waals surface area contributed by atoms with Crippen LogP contribution in [0, 0.1) is 0 Å². The van der Waals surface area contributed by atoms with Gasteiger partial charge in [-0.05, 0) is 35.4 Å². The number of H-pyrrole nitrogens is 1. The molecule has 2 N–H and O–H groups in total. The highest BCUT2D eigenvalue weighted by atomic mass is 35.5. The van der Waals surface area contributed by atoms with Gasteiger partial charge >= 0.3 is 0 Å². The average Bonchev–Trinajstić information content (AvgIpc) is 3.02. The summed E-state index contributed by atoms with van der Waals surface area (Å²) < 4.78 is 5.93. The second kappa shape index (κ2) is 7.43. The number of carbonyl (C=O) groups is 1. The first kappa shape index (κ1) is 17.0. The Balaban J connectivity index is 1.55. The molecule has 0 fully saturated rings. The number of aromatic nitrogens is 2. The number of ether oxygens (including phenoxy) is 1. The number of halogens is 1. The number of carbonyl (C=O) groups excluding carboxylic acids is 1. The number of nitrogens with zero attached hydrogens (tertiary/aromatic N) is 1. The van der Waals surface area contributed by atoms with Gasteiger partial charge in [0.2, 0.25) is 5.91 Å². The van der Waals surface area contributed by atoms with Crippen molar-refractivity contribution in [1.29, 1.82) is 0 Å². The molecular formula is C19H16ClN3O2S. The van der Waals surface area contributed by atoms with Crippen LogP contribution in [0.4, 0.5) is 5.82 Å². The number of benzene rings is 2. The third-order valence-electron chi connectivity index (χ3n) is 4.05. The van der Waals surface area contributed by atoms with Crippen LogP contribution in [0.5, 0.6) is 5.75 Å². The highest BCUT2D eigenvalue weighted by Gasteiger charge is 2.25. The third-order valence-corrected chi connectivity index (χ3v) is 5.58. The van der Waals surface area contributed by atoms with Crippen molar-refractivity contribution in [2.75, 3.05) is 11.1 Å². The Morgan fingerprint density at radius 1 is 1.23 bits per heavy atom. The van der Waals surface area contributed by atoms with Crippen LogP contribution in [0.3, 0.4) is 0 Å². The fourth-order valence-electron chi connectivity index (χ4n) is 2.86. The Morgan fingerprint density at radius 3 is 3.00 bits per heavy atom. The zero-order chi connectivity index (χ0) is 17.9. The average molecular weight is 386 g/mol. The van der Waals surface area contributed by atoms with Gasteiger partial charge in [0.05, 0.1) is 17.2 Å². The van der Waals surface area contributed by atoms with Crippen molar-refractivity contribution in [2.24, 2.45) is 0 Å². The van der Waals surface area contributed by atoms with E-state index in [1.807, 2.05) is 48.5 Å². The fraction of sp³-hybridized carbons (Fsp3) is 0.158. The maximum atomic E-state index is 11.9. The molecule has 0 bridgehead atoms. The van der Waals surface area contributed by atoms with Gasteiger partial charge in [0, 0.05) is 10.6 Å². The first-order valence-corrected chi connectivity index (χ1v) is 9.53. The molecule has 5 nitrogen and oxygen atoms in total. The van der Waals surface area contributed by atoms with Gasteiger partial charge in [-0.25, -0.2) is 0 Å². The lowest BCUT2D eigenvalue weighted by atomic mass is 10.1. The molecule has 2 aromatic carbocycles. The van der Waals surface area contributed by atoms with E-state index < -0.39 is 0 Å².